The van der Waals surface area contributed by atoms with Crippen LogP contribution in [0.15, 0.2) is 0 Å². The summed E-state index contributed by atoms with van der Waals surface area (Å²) >= 11 is 0. The number of hydrogen-bond donors (Lipinski definition) is 0. The molecule has 0 saturated heterocycles. The second-order valence-electron chi connectivity index (χ2n) is 1.42. The highest BCUT2D eigenvalue weighted by atomic mass is 31.7. The van der Waals surface area contributed by atoms with Crippen LogP contribution >= 0.6 is 15.7 Å². The Morgan fingerprint density at radius 1 is 1.67 bits per heavy atom. The van der Waals surface area contributed by atoms with Crippen molar-refractivity contribution >= 4 is 15.7 Å². The Labute approximate surface area is 42.8 Å². The molecule has 1 unspecified atom stereocenters. The standard InChI is InChI=1S/C4H11P2/c1-3-4-6(2)5/h5H,3-4H2,1-2H3/q+1. The van der Waals surface area contributed by atoms with Crippen LogP contribution in [-0.2, 0) is 0 Å². The molecule has 0 saturated carbocycles. The summed E-state index contributed by atoms with van der Waals surface area (Å²) in [7, 11) is 3.75. The first-order chi connectivity index (χ1) is 2.77. The van der Waals surface area contributed by atoms with Crippen molar-refractivity contribution in [2.45, 2.75) is 13.3 Å². The Balaban J connectivity index is 2.83. The van der Waals surface area contributed by atoms with Crippen LogP contribution in [0.25, 0.3) is 0 Å². The van der Waals surface area contributed by atoms with Crippen molar-refractivity contribution in [1.82, 2.24) is 0 Å². The SMILES string of the molecule is CCC[P+](C)=P. The summed E-state index contributed by atoms with van der Waals surface area (Å²) in [5, 5.41) is 0. The summed E-state index contributed by atoms with van der Waals surface area (Å²) in [5.41, 5.74) is 0. The summed E-state index contributed by atoms with van der Waals surface area (Å²) in [6.45, 7) is 4.44. The quantitative estimate of drug-likeness (QED) is 0.492. The molecule has 0 amide bonds. The van der Waals surface area contributed by atoms with Crippen LogP contribution in [0.5, 0.6) is 0 Å². The van der Waals surface area contributed by atoms with E-state index in [4.69, 9.17) is 0 Å². The van der Waals surface area contributed by atoms with Gasteiger partial charge in [-0.25, -0.2) is 0 Å². The minimum Gasteiger partial charge on any atom is -0.0615 e. The molecule has 0 aromatic heterocycles. The molecule has 0 aliphatic heterocycles. The zero-order chi connectivity index (χ0) is 4.99. The van der Waals surface area contributed by atoms with Gasteiger partial charge in [0.2, 0.25) is 0 Å². The van der Waals surface area contributed by atoms with Crippen molar-refractivity contribution in [3.63, 3.8) is 0 Å². The third-order valence-electron chi connectivity index (χ3n) is 0.559. The van der Waals surface area contributed by atoms with E-state index in [0.717, 1.165) is 0 Å². The van der Waals surface area contributed by atoms with Gasteiger partial charge >= 0.3 is 0 Å². The van der Waals surface area contributed by atoms with Gasteiger partial charge in [-0.2, -0.15) is 0 Å². The third kappa shape index (κ3) is 4.60. The molecule has 36 valence electrons. The molecule has 0 heterocycles. The summed E-state index contributed by atoms with van der Waals surface area (Å²) < 4.78 is 0. The lowest BCUT2D eigenvalue weighted by Gasteiger charge is -1.74. The molecule has 0 fully saturated rings. The van der Waals surface area contributed by atoms with Gasteiger partial charge in [0.05, 0.1) is 6.66 Å². The molecular weight excluding hydrogens is 110 g/mol. The first-order valence-electron chi connectivity index (χ1n) is 2.19. The highest BCUT2D eigenvalue weighted by molar-refractivity contribution is 7.86. The Hall–Kier alpha value is 0.600. The molecule has 0 bridgehead atoms. The molecule has 0 spiro atoms. The van der Waals surface area contributed by atoms with E-state index in [1.807, 2.05) is 0 Å². The Morgan fingerprint density at radius 3 is 2.17 bits per heavy atom. The molecule has 1 atom stereocenters. The monoisotopic (exact) mass is 121 g/mol. The van der Waals surface area contributed by atoms with E-state index in [2.05, 4.69) is 22.1 Å². The Morgan fingerprint density at radius 2 is 2.17 bits per heavy atom. The zero-order valence-corrected chi connectivity index (χ0v) is 6.26. The van der Waals surface area contributed by atoms with Gasteiger partial charge in [0.1, 0.15) is 21.9 Å². The minimum absolute atomic E-state index is 0.205. The van der Waals surface area contributed by atoms with Gasteiger partial charge in [-0.1, -0.05) is 6.92 Å². The average molecular weight is 121 g/mol. The van der Waals surface area contributed by atoms with Gasteiger partial charge in [0.25, 0.3) is 0 Å². The maximum atomic E-state index is 3.54. The lowest BCUT2D eigenvalue weighted by Crippen LogP contribution is -1.64. The van der Waals surface area contributed by atoms with E-state index in [0.29, 0.717) is 0 Å². The van der Waals surface area contributed by atoms with Gasteiger partial charge in [-0.05, 0) is 6.42 Å². The van der Waals surface area contributed by atoms with Crippen molar-refractivity contribution in [2.75, 3.05) is 12.8 Å². The van der Waals surface area contributed by atoms with Crippen molar-refractivity contribution < 1.29 is 0 Å². The van der Waals surface area contributed by atoms with Crippen molar-refractivity contribution in [2.24, 2.45) is 0 Å². The minimum atomic E-state index is 0.205. The van der Waals surface area contributed by atoms with Crippen LogP contribution in [0, 0.1) is 0 Å². The molecule has 0 aromatic rings. The van der Waals surface area contributed by atoms with Crippen LogP contribution in [0.4, 0.5) is 0 Å². The van der Waals surface area contributed by atoms with Crippen LogP contribution in [-0.4, -0.2) is 12.8 Å². The van der Waals surface area contributed by atoms with Crippen LogP contribution in [0.1, 0.15) is 13.3 Å². The van der Waals surface area contributed by atoms with Crippen LogP contribution < -0.4 is 0 Å². The summed E-state index contributed by atoms with van der Waals surface area (Å²) in [5.74, 6) is 0. The van der Waals surface area contributed by atoms with E-state index in [1.165, 1.54) is 12.6 Å². The fourth-order valence-corrected chi connectivity index (χ4v) is 1.68. The Bertz CT molecular complexity index is 49.5. The van der Waals surface area contributed by atoms with Crippen LogP contribution in [0.2, 0.25) is 0 Å². The fraction of sp³-hybridized carbons (Fsp3) is 1.00. The summed E-state index contributed by atoms with van der Waals surface area (Å²) in [4.78, 5) is 0. The zero-order valence-electron chi connectivity index (χ0n) is 4.36. The van der Waals surface area contributed by atoms with E-state index in [9.17, 15) is 0 Å². The smallest absolute Gasteiger partial charge is 0.0615 e. The molecule has 0 aliphatic rings. The maximum Gasteiger partial charge on any atom is 0.109 e. The first-order valence-corrected chi connectivity index (χ1v) is 5.51. The van der Waals surface area contributed by atoms with E-state index in [1.54, 1.807) is 0 Å². The molecule has 2 heteroatoms. The molecule has 0 radical (unpaired) electrons. The largest absolute Gasteiger partial charge is 0.109 e. The lowest BCUT2D eigenvalue weighted by atomic mass is 10.6. The molecule has 6 heavy (non-hydrogen) atoms. The average Bonchev–Trinajstić information content (AvgIpc) is 1.35. The second-order valence-corrected chi connectivity index (χ2v) is 5.55. The molecule has 0 aromatic carbocycles. The molecular formula is C4H11P2+. The number of hydrogen-bond acceptors (Lipinski definition) is 0. The van der Waals surface area contributed by atoms with E-state index in [-0.39, 0.29) is 7.21 Å². The van der Waals surface area contributed by atoms with Crippen LogP contribution in [0.3, 0.4) is 0 Å². The van der Waals surface area contributed by atoms with Gasteiger partial charge in [0, 0.05) is 0 Å². The van der Waals surface area contributed by atoms with E-state index < -0.39 is 0 Å². The highest BCUT2D eigenvalue weighted by Crippen LogP contribution is 2.21. The molecule has 0 rings (SSSR count). The molecule has 0 aliphatic carbocycles. The van der Waals surface area contributed by atoms with Gasteiger partial charge in [-0.15, -0.1) is 0 Å². The third-order valence-corrected chi connectivity index (χ3v) is 2.35. The topological polar surface area (TPSA) is 0 Å². The lowest BCUT2D eigenvalue weighted by molar-refractivity contribution is 1.10. The predicted molar refractivity (Wildman–Crippen MR) is 36.3 cm³/mol. The van der Waals surface area contributed by atoms with Gasteiger partial charge < -0.3 is 0 Å². The second kappa shape index (κ2) is 3.78. The van der Waals surface area contributed by atoms with Crippen molar-refractivity contribution in [3.05, 3.63) is 0 Å². The van der Waals surface area contributed by atoms with Gasteiger partial charge in [0.15, 0.2) is 0 Å². The number of rotatable bonds is 2. The molecule has 0 N–H and O–H groups in total. The first kappa shape index (κ1) is 6.60. The van der Waals surface area contributed by atoms with Crippen molar-refractivity contribution in [3.8, 4) is 0 Å². The summed E-state index contributed by atoms with van der Waals surface area (Å²) in [6, 6.07) is 0. The maximum absolute atomic E-state index is 3.54. The van der Waals surface area contributed by atoms with Crippen molar-refractivity contribution in [1.29, 1.82) is 0 Å². The fourth-order valence-electron chi connectivity index (χ4n) is 0.335. The highest BCUT2D eigenvalue weighted by Gasteiger charge is 1.89. The summed E-state index contributed by atoms with van der Waals surface area (Å²) in [6.07, 6.45) is 2.66. The predicted octanol–water partition coefficient (Wildman–Crippen LogP) is 2.57. The molecule has 0 nitrogen and oxygen atoms in total. The Kier molecular flexibility index (Phi) is 4.16. The normalized spacial score (nSPS) is 11.3. The van der Waals surface area contributed by atoms with E-state index >= 15 is 0 Å². The van der Waals surface area contributed by atoms with Gasteiger partial charge in [-0.3, -0.25) is 0 Å².